The van der Waals surface area contributed by atoms with Gasteiger partial charge in [0.2, 0.25) is 5.91 Å². The predicted molar refractivity (Wildman–Crippen MR) is 77.6 cm³/mol. The number of carbonyl (C=O) groups excluding carboxylic acids is 1. The van der Waals surface area contributed by atoms with Crippen LogP contribution >= 0.6 is 11.6 Å². The van der Waals surface area contributed by atoms with Crippen LogP contribution in [0.25, 0.3) is 0 Å². The second-order valence-electron chi connectivity index (χ2n) is 4.23. The lowest BCUT2D eigenvalue weighted by molar-refractivity contribution is -0.120. The first-order valence-corrected chi connectivity index (χ1v) is 6.85. The molecular formula is C14H21ClN2O2. The smallest absolute Gasteiger partial charge is 0.233 e. The molecule has 0 aromatic heterocycles. The summed E-state index contributed by atoms with van der Waals surface area (Å²) in [6, 6.07) is 5.49. The number of halogens is 1. The van der Waals surface area contributed by atoms with Crippen molar-refractivity contribution >= 4 is 17.5 Å². The van der Waals surface area contributed by atoms with Gasteiger partial charge in [0, 0.05) is 23.7 Å². The number of hydrogen-bond acceptors (Lipinski definition) is 3. The third-order valence-corrected chi connectivity index (χ3v) is 3.09. The summed E-state index contributed by atoms with van der Waals surface area (Å²) < 4.78 is 5.24. The van der Waals surface area contributed by atoms with Crippen molar-refractivity contribution in [2.45, 2.75) is 26.3 Å². The van der Waals surface area contributed by atoms with E-state index in [4.69, 9.17) is 16.3 Å². The zero-order valence-corrected chi connectivity index (χ0v) is 12.2. The molecule has 0 bridgehead atoms. The van der Waals surface area contributed by atoms with Crippen LogP contribution in [0.4, 0.5) is 0 Å². The quantitative estimate of drug-likeness (QED) is 0.721. The van der Waals surface area contributed by atoms with Gasteiger partial charge in [-0.25, -0.2) is 0 Å². The summed E-state index contributed by atoms with van der Waals surface area (Å²) in [4.78, 5) is 11.5. The van der Waals surface area contributed by atoms with Gasteiger partial charge in [-0.15, -0.1) is 0 Å². The molecule has 0 aliphatic carbocycles. The van der Waals surface area contributed by atoms with Gasteiger partial charge < -0.3 is 15.4 Å². The lowest BCUT2D eigenvalue weighted by atomic mass is 10.2. The fraction of sp³-hybridized carbons (Fsp3) is 0.500. The summed E-state index contributed by atoms with van der Waals surface area (Å²) in [7, 11) is 1.60. The van der Waals surface area contributed by atoms with Gasteiger partial charge in [0.1, 0.15) is 5.75 Å². The van der Waals surface area contributed by atoms with Crippen molar-refractivity contribution in [3.8, 4) is 5.75 Å². The lowest BCUT2D eigenvalue weighted by Crippen LogP contribution is -2.34. The van der Waals surface area contributed by atoms with Crippen LogP contribution in [0.2, 0.25) is 5.02 Å². The van der Waals surface area contributed by atoms with E-state index in [2.05, 4.69) is 17.6 Å². The average Bonchev–Trinajstić information content (AvgIpc) is 2.41. The molecule has 1 aromatic carbocycles. The number of methoxy groups -OCH3 is 1. The Morgan fingerprint density at radius 3 is 2.89 bits per heavy atom. The minimum Gasteiger partial charge on any atom is -0.496 e. The fourth-order valence-corrected chi connectivity index (χ4v) is 1.90. The normalized spacial score (nSPS) is 10.3. The first-order valence-electron chi connectivity index (χ1n) is 6.47. The van der Waals surface area contributed by atoms with Crippen molar-refractivity contribution < 1.29 is 9.53 Å². The van der Waals surface area contributed by atoms with Crippen LogP contribution in [0.15, 0.2) is 18.2 Å². The van der Waals surface area contributed by atoms with Gasteiger partial charge in [-0.1, -0.05) is 31.0 Å². The summed E-state index contributed by atoms with van der Waals surface area (Å²) in [5.74, 6) is 0.728. The van der Waals surface area contributed by atoms with Crippen molar-refractivity contribution in [2.24, 2.45) is 0 Å². The number of rotatable bonds is 8. The molecule has 4 nitrogen and oxygen atoms in total. The SMILES string of the molecule is CCCCNC(=O)CNCc1c(Cl)cccc1OC. The molecule has 2 N–H and O–H groups in total. The zero-order valence-electron chi connectivity index (χ0n) is 11.5. The van der Waals surface area contributed by atoms with Gasteiger partial charge in [0.25, 0.3) is 0 Å². The highest BCUT2D eigenvalue weighted by Crippen LogP contribution is 2.25. The zero-order chi connectivity index (χ0) is 14.1. The standard InChI is InChI=1S/C14H21ClN2O2/c1-3-4-8-17-14(18)10-16-9-11-12(15)6-5-7-13(11)19-2/h5-7,16H,3-4,8-10H2,1-2H3,(H,17,18). The molecule has 0 radical (unpaired) electrons. The molecule has 19 heavy (non-hydrogen) atoms. The summed E-state index contributed by atoms with van der Waals surface area (Å²) in [6.07, 6.45) is 2.08. The first kappa shape index (κ1) is 15.8. The molecule has 1 amide bonds. The molecule has 5 heteroatoms. The summed E-state index contributed by atoms with van der Waals surface area (Å²) in [5, 5.41) is 6.55. The summed E-state index contributed by atoms with van der Waals surface area (Å²) in [5.41, 5.74) is 0.869. The van der Waals surface area contributed by atoms with E-state index < -0.39 is 0 Å². The lowest BCUT2D eigenvalue weighted by Gasteiger charge is -2.11. The van der Waals surface area contributed by atoms with E-state index in [0.717, 1.165) is 30.7 Å². The van der Waals surface area contributed by atoms with E-state index in [1.165, 1.54) is 0 Å². The fourth-order valence-electron chi connectivity index (χ4n) is 1.67. The van der Waals surface area contributed by atoms with Gasteiger partial charge in [-0.2, -0.15) is 0 Å². The number of nitrogens with one attached hydrogen (secondary N) is 2. The summed E-state index contributed by atoms with van der Waals surface area (Å²) >= 11 is 6.11. The van der Waals surface area contributed by atoms with Crippen molar-refractivity contribution in [3.05, 3.63) is 28.8 Å². The van der Waals surface area contributed by atoms with Gasteiger partial charge in [0.05, 0.1) is 13.7 Å². The van der Waals surface area contributed by atoms with Crippen LogP contribution in [0.1, 0.15) is 25.3 Å². The maximum absolute atomic E-state index is 11.5. The number of unbranched alkanes of at least 4 members (excludes halogenated alkanes) is 1. The Bertz CT molecular complexity index is 410. The highest BCUT2D eigenvalue weighted by atomic mass is 35.5. The third kappa shape index (κ3) is 5.49. The molecular weight excluding hydrogens is 264 g/mol. The molecule has 0 unspecified atom stereocenters. The Kier molecular flexibility index (Phi) is 7.30. The molecule has 0 fully saturated rings. The number of amides is 1. The van der Waals surface area contributed by atoms with Crippen LogP contribution in [0.5, 0.6) is 5.75 Å². The highest BCUT2D eigenvalue weighted by molar-refractivity contribution is 6.31. The Morgan fingerprint density at radius 2 is 2.21 bits per heavy atom. The minimum atomic E-state index is -0.000490. The van der Waals surface area contributed by atoms with Crippen molar-refractivity contribution in [1.82, 2.24) is 10.6 Å². The van der Waals surface area contributed by atoms with Crippen molar-refractivity contribution in [1.29, 1.82) is 0 Å². The second kappa shape index (κ2) is 8.77. The van der Waals surface area contributed by atoms with Crippen LogP contribution in [-0.4, -0.2) is 26.1 Å². The molecule has 0 heterocycles. The maximum atomic E-state index is 11.5. The number of benzene rings is 1. The Balaban J connectivity index is 2.39. The summed E-state index contributed by atoms with van der Waals surface area (Å²) in [6.45, 7) is 3.60. The number of carbonyl (C=O) groups is 1. The molecule has 0 spiro atoms. The Labute approximate surface area is 119 Å². The van der Waals surface area contributed by atoms with Gasteiger partial charge in [0.15, 0.2) is 0 Å². The van der Waals surface area contributed by atoms with Crippen LogP contribution in [0.3, 0.4) is 0 Å². The van der Waals surface area contributed by atoms with Crippen LogP contribution in [-0.2, 0) is 11.3 Å². The van der Waals surface area contributed by atoms with E-state index in [9.17, 15) is 4.79 Å². The topological polar surface area (TPSA) is 50.4 Å². The van der Waals surface area contributed by atoms with Crippen molar-refractivity contribution in [3.63, 3.8) is 0 Å². The molecule has 1 rings (SSSR count). The monoisotopic (exact) mass is 284 g/mol. The minimum absolute atomic E-state index is 0.000490. The molecule has 0 saturated carbocycles. The Hall–Kier alpha value is -1.26. The third-order valence-electron chi connectivity index (χ3n) is 2.74. The molecule has 1 aromatic rings. The molecule has 0 aliphatic heterocycles. The largest absolute Gasteiger partial charge is 0.496 e. The van der Waals surface area contributed by atoms with Crippen LogP contribution < -0.4 is 15.4 Å². The van der Waals surface area contributed by atoms with E-state index in [-0.39, 0.29) is 12.5 Å². The van der Waals surface area contributed by atoms with E-state index in [1.807, 2.05) is 18.2 Å². The van der Waals surface area contributed by atoms with E-state index in [0.29, 0.717) is 11.6 Å². The molecule has 0 saturated heterocycles. The van der Waals surface area contributed by atoms with Crippen molar-refractivity contribution in [2.75, 3.05) is 20.2 Å². The average molecular weight is 285 g/mol. The molecule has 0 atom stereocenters. The van der Waals surface area contributed by atoms with Crippen LogP contribution in [0, 0.1) is 0 Å². The highest BCUT2D eigenvalue weighted by Gasteiger charge is 2.07. The first-order chi connectivity index (χ1) is 9.19. The van der Waals surface area contributed by atoms with Gasteiger partial charge in [-0.05, 0) is 18.6 Å². The molecule has 106 valence electrons. The van der Waals surface area contributed by atoms with Gasteiger partial charge >= 0.3 is 0 Å². The Morgan fingerprint density at radius 1 is 1.42 bits per heavy atom. The second-order valence-corrected chi connectivity index (χ2v) is 4.63. The maximum Gasteiger partial charge on any atom is 0.233 e. The predicted octanol–water partition coefficient (Wildman–Crippen LogP) is 2.35. The van der Waals surface area contributed by atoms with E-state index in [1.54, 1.807) is 7.11 Å². The number of hydrogen-bond donors (Lipinski definition) is 2. The van der Waals surface area contributed by atoms with E-state index >= 15 is 0 Å². The number of ether oxygens (including phenoxy) is 1. The molecule has 0 aliphatic rings. The van der Waals surface area contributed by atoms with Gasteiger partial charge in [-0.3, -0.25) is 4.79 Å².